The minimum atomic E-state index is 0.785. The van der Waals surface area contributed by atoms with Gasteiger partial charge in [0.25, 0.3) is 0 Å². The molecule has 0 amide bonds. The van der Waals surface area contributed by atoms with Gasteiger partial charge < -0.3 is 0 Å². The van der Waals surface area contributed by atoms with E-state index < -0.39 is 0 Å². The molecule has 0 saturated heterocycles. The van der Waals surface area contributed by atoms with E-state index >= 15 is 0 Å². The molecule has 23 heavy (non-hydrogen) atoms. The Morgan fingerprint density at radius 1 is 1.00 bits per heavy atom. The lowest BCUT2D eigenvalue weighted by Gasteiger charge is -2.27. The smallest absolute Gasteiger partial charge is 0.0162 e. The number of hydrogen-bond acceptors (Lipinski definition) is 0. The predicted molar refractivity (Wildman–Crippen MR) is 103 cm³/mol. The Labute approximate surface area is 143 Å². The molecule has 1 saturated carbocycles. The van der Waals surface area contributed by atoms with Gasteiger partial charge in [-0.25, -0.2) is 0 Å². The van der Waals surface area contributed by atoms with Crippen LogP contribution in [0.5, 0.6) is 0 Å². The molecule has 0 aromatic heterocycles. The molecular weight excluding hydrogens is 276 g/mol. The Kier molecular flexibility index (Phi) is 7.65. The molecule has 1 aliphatic carbocycles. The largest absolute Gasteiger partial charge is 0.0814 e. The maximum atomic E-state index is 2.42. The van der Waals surface area contributed by atoms with Crippen LogP contribution < -0.4 is 0 Å². The van der Waals surface area contributed by atoms with E-state index in [0.717, 1.165) is 11.8 Å². The van der Waals surface area contributed by atoms with Crippen molar-refractivity contribution in [2.75, 3.05) is 0 Å². The summed E-state index contributed by atoms with van der Waals surface area (Å²) in [6, 6.07) is 9.52. The Morgan fingerprint density at radius 2 is 1.70 bits per heavy atom. The van der Waals surface area contributed by atoms with Crippen molar-refractivity contribution in [2.24, 2.45) is 5.92 Å². The topological polar surface area (TPSA) is 0 Å². The molecule has 0 aliphatic heterocycles. The Morgan fingerprint density at radius 3 is 2.30 bits per heavy atom. The minimum absolute atomic E-state index is 0.785. The van der Waals surface area contributed by atoms with Gasteiger partial charge in [-0.15, -0.1) is 0 Å². The van der Waals surface area contributed by atoms with E-state index in [1.54, 1.807) is 5.56 Å². The van der Waals surface area contributed by atoms with Gasteiger partial charge in [0.15, 0.2) is 0 Å². The number of hydrogen-bond donors (Lipinski definition) is 0. The van der Waals surface area contributed by atoms with Crippen molar-refractivity contribution in [3.63, 3.8) is 0 Å². The van der Waals surface area contributed by atoms with Gasteiger partial charge in [0.1, 0.15) is 0 Å². The molecular formula is C23H34. The van der Waals surface area contributed by atoms with Gasteiger partial charge in [-0.2, -0.15) is 0 Å². The molecule has 0 nitrogen and oxygen atoms in total. The van der Waals surface area contributed by atoms with Gasteiger partial charge in [-0.05, 0) is 75.3 Å². The van der Waals surface area contributed by atoms with Crippen LogP contribution in [0.4, 0.5) is 0 Å². The minimum Gasteiger partial charge on any atom is -0.0814 e. The summed E-state index contributed by atoms with van der Waals surface area (Å²) in [6.07, 6.45) is 17.5. The zero-order chi connectivity index (χ0) is 16.5. The average molecular weight is 311 g/mol. The highest BCUT2D eigenvalue weighted by atomic mass is 14.3. The molecule has 0 unspecified atom stereocenters. The first kappa shape index (κ1) is 18.0. The fourth-order valence-corrected chi connectivity index (χ4v) is 3.59. The second-order valence-electron chi connectivity index (χ2n) is 7.44. The molecule has 1 aromatic rings. The van der Waals surface area contributed by atoms with E-state index in [1.165, 1.54) is 62.5 Å². The standard InChI is InChI=1S/C23H34/c1-4-5-6-9-20-11-15-22(16-12-20)23-17-13-21(14-18-23)10-7-8-19(2)3/h7-8,10-12,15-16,21,23H,4-6,9,13-14,17-18H2,1-3H3. The third-order valence-corrected chi connectivity index (χ3v) is 5.10. The highest BCUT2D eigenvalue weighted by Gasteiger charge is 2.20. The molecule has 1 aliphatic rings. The molecule has 0 N–H and O–H groups in total. The molecule has 0 heterocycles. The number of unbranched alkanes of at least 4 members (excludes halogenated alkanes) is 2. The quantitative estimate of drug-likeness (QED) is 0.368. The molecule has 0 bridgehead atoms. The van der Waals surface area contributed by atoms with Crippen molar-refractivity contribution in [1.82, 2.24) is 0 Å². The van der Waals surface area contributed by atoms with Crippen LogP contribution >= 0.6 is 0 Å². The summed E-state index contributed by atoms with van der Waals surface area (Å²) in [5, 5.41) is 0. The molecule has 126 valence electrons. The maximum absolute atomic E-state index is 2.42. The van der Waals surface area contributed by atoms with Crippen LogP contribution in [0.3, 0.4) is 0 Å². The Hall–Kier alpha value is -1.30. The van der Waals surface area contributed by atoms with E-state index in [2.05, 4.69) is 63.3 Å². The van der Waals surface area contributed by atoms with Crippen molar-refractivity contribution < 1.29 is 0 Å². The Balaban J connectivity index is 1.80. The molecule has 0 atom stereocenters. The third kappa shape index (κ3) is 6.37. The van der Waals surface area contributed by atoms with Crippen molar-refractivity contribution in [3.05, 3.63) is 59.2 Å². The van der Waals surface area contributed by atoms with E-state index in [-0.39, 0.29) is 0 Å². The number of rotatable bonds is 7. The highest BCUT2D eigenvalue weighted by molar-refractivity contribution is 5.26. The van der Waals surface area contributed by atoms with Crippen LogP contribution in [-0.2, 0) is 6.42 Å². The lowest BCUT2D eigenvalue weighted by Crippen LogP contribution is -2.11. The molecule has 0 radical (unpaired) electrons. The zero-order valence-corrected chi connectivity index (χ0v) is 15.4. The predicted octanol–water partition coefficient (Wildman–Crippen LogP) is 7.22. The molecule has 0 heteroatoms. The van der Waals surface area contributed by atoms with Crippen LogP contribution in [0.2, 0.25) is 0 Å². The van der Waals surface area contributed by atoms with Gasteiger partial charge in [-0.3, -0.25) is 0 Å². The first-order chi connectivity index (χ1) is 11.2. The lowest BCUT2D eigenvalue weighted by atomic mass is 9.78. The second kappa shape index (κ2) is 9.75. The van der Waals surface area contributed by atoms with Crippen LogP contribution in [0, 0.1) is 5.92 Å². The van der Waals surface area contributed by atoms with Crippen molar-refractivity contribution in [3.8, 4) is 0 Å². The van der Waals surface area contributed by atoms with Gasteiger partial charge in [0.05, 0.1) is 0 Å². The highest BCUT2D eigenvalue weighted by Crippen LogP contribution is 2.36. The molecule has 1 fully saturated rings. The van der Waals surface area contributed by atoms with Crippen molar-refractivity contribution in [2.45, 2.75) is 78.1 Å². The first-order valence-electron chi connectivity index (χ1n) is 9.59. The zero-order valence-electron chi connectivity index (χ0n) is 15.4. The van der Waals surface area contributed by atoms with Gasteiger partial charge in [-0.1, -0.05) is 67.8 Å². The lowest BCUT2D eigenvalue weighted by molar-refractivity contribution is 0.376. The summed E-state index contributed by atoms with van der Waals surface area (Å²) in [5.41, 5.74) is 4.46. The van der Waals surface area contributed by atoms with Crippen molar-refractivity contribution >= 4 is 0 Å². The summed E-state index contributed by atoms with van der Waals surface area (Å²) in [7, 11) is 0. The number of benzene rings is 1. The van der Waals surface area contributed by atoms with Crippen LogP contribution in [0.1, 0.15) is 82.8 Å². The number of aryl methyl sites for hydroxylation is 1. The summed E-state index contributed by atoms with van der Waals surface area (Å²) in [4.78, 5) is 0. The second-order valence-corrected chi connectivity index (χ2v) is 7.44. The van der Waals surface area contributed by atoms with E-state index in [0.29, 0.717) is 0 Å². The molecule has 2 rings (SSSR count). The summed E-state index contributed by atoms with van der Waals surface area (Å²) in [6.45, 7) is 6.59. The first-order valence-corrected chi connectivity index (χ1v) is 9.59. The summed E-state index contributed by atoms with van der Waals surface area (Å²) >= 11 is 0. The van der Waals surface area contributed by atoms with Gasteiger partial charge >= 0.3 is 0 Å². The third-order valence-electron chi connectivity index (χ3n) is 5.10. The summed E-state index contributed by atoms with van der Waals surface area (Å²) < 4.78 is 0. The normalized spacial score (nSPS) is 21.5. The average Bonchev–Trinajstić information content (AvgIpc) is 2.56. The fourth-order valence-electron chi connectivity index (χ4n) is 3.59. The van der Waals surface area contributed by atoms with E-state index in [1.807, 2.05) is 0 Å². The van der Waals surface area contributed by atoms with Crippen molar-refractivity contribution in [1.29, 1.82) is 0 Å². The van der Waals surface area contributed by atoms with Crippen LogP contribution in [-0.4, -0.2) is 0 Å². The number of allylic oxidation sites excluding steroid dienone is 4. The molecule has 1 aromatic carbocycles. The van der Waals surface area contributed by atoms with E-state index in [4.69, 9.17) is 0 Å². The molecule has 0 spiro atoms. The SMILES string of the molecule is CCCCCc1ccc(C2CCC(C=CC=C(C)C)CC2)cc1. The van der Waals surface area contributed by atoms with Crippen LogP contribution in [0.25, 0.3) is 0 Å². The monoisotopic (exact) mass is 310 g/mol. The fraction of sp³-hybridized carbons (Fsp3) is 0.565. The summed E-state index contributed by atoms with van der Waals surface area (Å²) in [5.74, 6) is 1.57. The van der Waals surface area contributed by atoms with Crippen LogP contribution in [0.15, 0.2) is 48.1 Å². The van der Waals surface area contributed by atoms with Gasteiger partial charge in [0, 0.05) is 0 Å². The maximum Gasteiger partial charge on any atom is -0.0162 e. The van der Waals surface area contributed by atoms with E-state index in [9.17, 15) is 0 Å². The van der Waals surface area contributed by atoms with Gasteiger partial charge in [0.2, 0.25) is 0 Å². The Bertz CT molecular complexity index is 491.